The quantitative estimate of drug-likeness (QED) is 0.164. The minimum absolute atomic E-state index is 1.23. The Morgan fingerprint density at radius 1 is 0.280 bits per heavy atom. The highest BCUT2D eigenvalue weighted by Crippen LogP contribution is 2.47. The zero-order valence-corrected chi connectivity index (χ0v) is 28.6. The van der Waals surface area contributed by atoms with Gasteiger partial charge in [0, 0.05) is 45.7 Å². The minimum atomic E-state index is 1.23. The summed E-state index contributed by atoms with van der Waals surface area (Å²) in [5.74, 6) is 0. The lowest BCUT2D eigenvalue weighted by Gasteiger charge is -2.18. The van der Waals surface area contributed by atoms with Gasteiger partial charge in [0.15, 0.2) is 0 Å². The van der Waals surface area contributed by atoms with E-state index in [1.165, 1.54) is 106 Å². The molecule has 0 nitrogen and oxygen atoms in total. The third-order valence-electron chi connectivity index (χ3n) is 10.5. The molecular weight excluding hydrogens is 641 g/mol. The van der Waals surface area contributed by atoms with Gasteiger partial charge in [-0.2, -0.15) is 0 Å². The Hall–Kier alpha value is -5.80. The van der Waals surface area contributed by atoms with E-state index in [9.17, 15) is 0 Å². The molecule has 0 aliphatic heterocycles. The summed E-state index contributed by atoms with van der Waals surface area (Å²) in [6, 6.07) is 62.9. The van der Waals surface area contributed by atoms with Gasteiger partial charge in [0.25, 0.3) is 0 Å². The van der Waals surface area contributed by atoms with Crippen LogP contribution in [0.5, 0.6) is 0 Å². The highest BCUT2D eigenvalue weighted by Gasteiger charge is 2.18. The van der Waals surface area contributed by atoms with E-state index in [4.69, 9.17) is 0 Å². The molecule has 9 aromatic carbocycles. The molecular formula is C48H28S2. The van der Waals surface area contributed by atoms with Crippen LogP contribution in [0.4, 0.5) is 0 Å². The molecule has 2 heterocycles. The van der Waals surface area contributed by atoms with E-state index in [0.29, 0.717) is 0 Å². The van der Waals surface area contributed by atoms with Crippen molar-refractivity contribution in [1.29, 1.82) is 0 Å². The lowest BCUT2D eigenvalue weighted by Crippen LogP contribution is -1.90. The summed E-state index contributed by atoms with van der Waals surface area (Å²) >= 11 is 3.82. The van der Waals surface area contributed by atoms with Gasteiger partial charge in [0.1, 0.15) is 0 Å². The summed E-state index contributed by atoms with van der Waals surface area (Å²) in [5, 5.41) is 13.3. The second-order valence-electron chi connectivity index (χ2n) is 13.2. The Morgan fingerprint density at radius 3 is 1.50 bits per heavy atom. The van der Waals surface area contributed by atoms with Crippen LogP contribution in [0.15, 0.2) is 170 Å². The molecule has 2 aromatic heterocycles. The van der Waals surface area contributed by atoms with Gasteiger partial charge in [-0.3, -0.25) is 0 Å². The summed E-state index contributed by atoms with van der Waals surface area (Å²) in [6.07, 6.45) is 0. The minimum Gasteiger partial charge on any atom is -0.135 e. The van der Waals surface area contributed by atoms with E-state index in [-0.39, 0.29) is 0 Å². The zero-order valence-electron chi connectivity index (χ0n) is 27.0. The van der Waals surface area contributed by atoms with E-state index >= 15 is 0 Å². The van der Waals surface area contributed by atoms with Crippen molar-refractivity contribution in [1.82, 2.24) is 0 Å². The maximum atomic E-state index is 2.40. The molecule has 0 aliphatic carbocycles. The van der Waals surface area contributed by atoms with E-state index in [1.54, 1.807) is 0 Å². The molecule has 0 N–H and O–H groups in total. The van der Waals surface area contributed by atoms with E-state index in [0.717, 1.165) is 0 Å². The molecule has 0 bridgehead atoms. The summed E-state index contributed by atoms with van der Waals surface area (Å²) in [5.41, 5.74) is 7.56. The van der Waals surface area contributed by atoms with Crippen molar-refractivity contribution in [2.45, 2.75) is 0 Å². The first-order valence-corrected chi connectivity index (χ1v) is 18.7. The van der Waals surface area contributed by atoms with Crippen molar-refractivity contribution < 1.29 is 0 Å². The van der Waals surface area contributed by atoms with Crippen LogP contribution in [0.1, 0.15) is 0 Å². The first-order chi connectivity index (χ1) is 24.8. The van der Waals surface area contributed by atoms with Gasteiger partial charge in [-0.05, 0) is 84.6 Å². The predicted molar refractivity (Wildman–Crippen MR) is 221 cm³/mol. The van der Waals surface area contributed by atoms with Gasteiger partial charge < -0.3 is 0 Å². The molecule has 0 fully saturated rings. The Bertz CT molecular complexity index is 3070. The fraction of sp³-hybridized carbons (Fsp3) is 0. The predicted octanol–water partition coefficient (Wildman–Crippen LogP) is 14.9. The lowest BCUT2D eigenvalue weighted by atomic mass is 9.86. The van der Waals surface area contributed by atoms with Gasteiger partial charge in [-0.1, -0.05) is 146 Å². The molecule has 0 saturated carbocycles. The van der Waals surface area contributed by atoms with Crippen LogP contribution < -0.4 is 0 Å². The van der Waals surface area contributed by atoms with Crippen LogP contribution in [0.25, 0.3) is 106 Å². The molecule has 2 heteroatoms. The number of hydrogen-bond acceptors (Lipinski definition) is 2. The van der Waals surface area contributed by atoms with Crippen LogP contribution in [-0.2, 0) is 0 Å². The third-order valence-corrected chi connectivity index (χ3v) is 12.8. The standard InChI is InChI=1S/C48H28S2/c1-2-10-30(11-3-1)44-34-12-4-6-14-36(34)45(37-15-7-5-13-35(37)44)31-20-18-29(19-21-31)33-24-26-42-40(28-33)38-25-22-32-23-27-43-47(46(32)48(38)50-42)39-16-8-9-17-41(39)49-43/h1-28H. The molecule has 0 radical (unpaired) electrons. The Balaban J connectivity index is 1.07. The van der Waals surface area contributed by atoms with Crippen LogP contribution in [0, 0.1) is 0 Å². The van der Waals surface area contributed by atoms with E-state index < -0.39 is 0 Å². The summed E-state index contributed by atoms with van der Waals surface area (Å²) in [7, 11) is 0. The second kappa shape index (κ2) is 10.9. The van der Waals surface area contributed by atoms with Crippen molar-refractivity contribution in [2.24, 2.45) is 0 Å². The molecule has 11 aromatic rings. The molecule has 11 rings (SSSR count). The fourth-order valence-corrected chi connectivity index (χ4v) is 10.6. The molecule has 0 unspecified atom stereocenters. The van der Waals surface area contributed by atoms with Gasteiger partial charge in [-0.15, -0.1) is 22.7 Å². The van der Waals surface area contributed by atoms with Crippen LogP contribution in [0.2, 0.25) is 0 Å². The first-order valence-electron chi connectivity index (χ1n) is 17.1. The van der Waals surface area contributed by atoms with Gasteiger partial charge in [0.2, 0.25) is 0 Å². The molecule has 0 atom stereocenters. The molecule has 232 valence electrons. The SMILES string of the molecule is c1ccc(-c2c3ccccc3c(-c3ccc(-c4ccc5sc6c(ccc7ccc8sc9ccccc9c8c76)c5c4)cc3)c3ccccc23)cc1. The van der Waals surface area contributed by atoms with Gasteiger partial charge in [-0.25, -0.2) is 0 Å². The summed E-state index contributed by atoms with van der Waals surface area (Å²) < 4.78 is 5.43. The number of rotatable bonds is 3. The van der Waals surface area contributed by atoms with Crippen LogP contribution >= 0.6 is 22.7 Å². The fourth-order valence-electron chi connectivity index (χ4n) is 8.22. The van der Waals surface area contributed by atoms with Crippen LogP contribution in [-0.4, -0.2) is 0 Å². The smallest absolute Gasteiger partial charge is 0.0440 e. The Kier molecular flexibility index (Phi) is 6.09. The van der Waals surface area contributed by atoms with Crippen molar-refractivity contribution in [3.05, 3.63) is 170 Å². The number of thiophene rings is 2. The third kappa shape index (κ3) is 4.10. The highest BCUT2D eigenvalue weighted by molar-refractivity contribution is 7.28. The van der Waals surface area contributed by atoms with Crippen molar-refractivity contribution >= 4 is 95.3 Å². The maximum Gasteiger partial charge on any atom is 0.0440 e. The Morgan fingerprint density at radius 2 is 0.800 bits per heavy atom. The second-order valence-corrected chi connectivity index (χ2v) is 15.3. The number of benzene rings is 9. The molecule has 0 aliphatic rings. The molecule has 0 amide bonds. The van der Waals surface area contributed by atoms with Gasteiger partial charge >= 0.3 is 0 Å². The van der Waals surface area contributed by atoms with Crippen molar-refractivity contribution in [3.63, 3.8) is 0 Å². The van der Waals surface area contributed by atoms with Crippen LogP contribution in [0.3, 0.4) is 0 Å². The molecule has 50 heavy (non-hydrogen) atoms. The summed E-state index contributed by atoms with van der Waals surface area (Å²) in [4.78, 5) is 0. The monoisotopic (exact) mass is 668 g/mol. The maximum absolute atomic E-state index is 2.40. The van der Waals surface area contributed by atoms with Crippen molar-refractivity contribution in [3.8, 4) is 33.4 Å². The number of hydrogen-bond donors (Lipinski definition) is 0. The highest BCUT2D eigenvalue weighted by atomic mass is 32.1. The lowest BCUT2D eigenvalue weighted by molar-refractivity contribution is 1.63. The zero-order chi connectivity index (χ0) is 32.8. The molecule has 0 spiro atoms. The van der Waals surface area contributed by atoms with E-state index in [1.807, 2.05) is 22.7 Å². The Labute approximate surface area is 297 Å². The average molecular weight is 669 g/mol. The number of fused-ring (bicyclic) bond motifs is 11. The largest absolute Gasteiger partial charge is 0.135 e. The topological polar surface area (TPSA) is 0 Å². The normalized spacial score (nSPS) is 12.0. The first kappa shape index (κ1) is 28.1. The molecule has 0 saturated heterocycles. The summed E-state index contributed by atoms with van der Waals surface area (Å²) in [6.45, 7) is 0. The average Bonchev–Trinajstić information content (AvgIpc) is 3.75. The van der Waals surface area contributed by atoms with E-state index in [2.05, 4.69) is 170 Å². The van der Waals surface area contributed by atoms with Gasteiger partial charge in [0.05, 0.1) is 0 Å². The van der Waals surface area contributed by atoms with Crippen molar-refractivity contribution in [2.75, 3.05) is 0 Å².